The molecule has 0 aliphatic carbocycles. The van der Waals surface area contributed by atoms with E-state index in [4.69, 9.17) is 4.98 Å². The number of benzene rings is 1. The Morgan fingerprint density at radius 2 is 1.79 bits per heavy atom. The number of nitrogens with zero attached hydrogens (tertiary/aromatic N) is 4. The van der Waals surface area contributed by atoms with Crippen LogP contribution in [0.4, 0.5) is 0 Å². The number of aryl methyl sites for hydroxylation is 4. The molecule has 0 radical (unpaired) electrons. The number of amides is 1. The summed E-state index contributed by atoms with van der Waals surface area (Å²) < 4.78 is 1.80. The van der Waals surface area contributed by atoms with Crippen molar-refractivity contribution in [3.63, 3.8) is 0 Å². The number of likely N-dealkylation sites (tertiary alicyclic amines) is 1. The smallest absolute Gasteiger partial charge is 0.274 e. The second-order valence-electron chi connectivity index (χ2n) is 7.66. The van der Waals surface area contributed by atoms with E-state index in [2.05, 4.69) is 50.1 Å². The molecule has 1 aliphatic rings. The van der Waals surface area contributed by atoms with Crippen molar-refractivity contribution in [2.75, 3.05) is 13.1 Å². The third kappa shape index (κ3) is 3.61. The maximum Gasteiger partial charge on any atom is 0.274 e. The molecule has 146 valence electrons. The standard InChI is InChI=1S/C22H26N4OS/c1-14-5-7-17(8-6-14)20-13-19(24-25(20)4)22(27)26-11-9-18(10-12-26)21-23-15(2)16(3)28-21/h5-8,13,18H,9-12H2,1-4H3. The highest BCUT2D eigenvalue weighted by molar-refractivity contribution is 7.11. The minimum Gasteiger partial charge on any atom is -0.337 e. The number of hydrogen-bond acceptors (Lipinski definition) is 4. The van der Waals surface area contributed by atoms with Gasteiger partial charge in [0, 0.05) is 30.9 Å². The van der Waals surface area contributed by atoms with Gasteiger partial charge < -0.3 is 4.90 Å². The van der Waals surface area contributed by atoms with Gasteiger partial charge in [-0.3, -0.25) is 9.48 Å². The monoisotopic (exact) mass is 394 g/mol. The fourth-order valence-corrected chi connectivity index (χ4v) is 4.82. The molecule has 2 aromatic heterocycles. The average molecular weight is 395 g/mol. The van der Waals surface area contributed by atoms with Gasteiger partial charge in [-0.25, -0.2) is 4.98 Å². The Balaban J connectivity index is 1.45. The molecule has 6 heteroatoms. The number of carbonyl (C=O) groups excluding carboxylic acids is 1. The molecule has 0 atom stereocenters. The van der Waals surface area contributed by atoms with E-state index in [1.54, 1.807) is 16.0 Å². The first kappa shape index (κ1) is 18.9. The van der Waals surface area contributed by atoms with Gasteiger partial charge in [0.15, 0.2) is 5.69 Å². The summed E-state index contributed by atoms with van der Waals surface area (Å²) in [6.07, 6.45) is 1.94. The topological polar surface area (TPSA) is 51.0 Å². The predicted molar refractivity (Wildman–Crippen MR) is 113 cm³/mol. The van der Waals surface area contributed by atoms with Crippen molar-refractivity contribution in [3.8, 4) is 11.3 Å². The predicted octanol–water partition coefficient (Wildman–Crippen LogP) is 4.49. The number of rotatable bonds is 3. The summed E-state index contributed by atoms with van der Waals surface area (Å²) in [7, 11) is 1.89. The third-order valence-electron chi connectivity index (χ3n) is 5.62. The molecule has 3 aromatic rings. The van der Waals surface area contributed by atoms with Crippen LogP contribution < -0.4 is 0 Å². The molecule has 4 rings (SSSR count). The van der Waals surface area contributed by atoms with E-state index in [9.17, 15) is 4.79 Å². The first-order valence-corrected chi connectivity index (χ1v) is 10.6. The summed E-state index contributed by atoms with van der Waals surface area (Å²) in [6.45, 7) is 7.79. The minimum atomic E-state index is 0.0268. The molecule has 3 heterocycles. The fraction of sp³-hybridized carbons (Fsp3) is 0.409. The van der Waals surface area contributed by atoms with Crippen LogP contribution in [0.2, 0.25) is 0 Å². The van der Waals surface area contributed by atoms with E-state index in [0.717, 1.165) is 42.9 Å². The molecule has 0 bridgehead atoms. The molecular formula is C22H26N4OS. The van der Waals surface area contributed by atoms with Crippen molar-refractivity contribution in [1.29, 1.82) is 0 Å². The molecule has 1 amide bonds. The summed E-state index contributed by atoms with van der Waals surface area (Å²) in [5.41, 5.74) is 4.92. The van der Waals surface area contributed by atoms with Gasteiger partial charge in [-0.2, -0.15) is 5.10 Å². The van der Waals surface area contributed by atoms with Crippen LogP contribution in [0.1, 0.15) is 50.4 Å². The van der Waals surface area contributed by atoms with E-state index < -0.39 is 0 Å². The van der Waals surface area contributed by atoms with Crippen LogP contribution in [0.15, 0.2) is 30.3 Å². The molecule has 1 aromatic carbocycles. The van der Waals surface area contributed by atoms with Crippen molar-refractivity contribution in [2.45, 2.75) is 39.5 Å². The first-order valence-electron chi connectivity index (χ1n) is 9.76. The summed E-state index contributed by atoms with van der Waals surface area (Å²) in [5.74, 6) is 0.493. The fourth-order valence-electron chi connectivity index (χ4n) is 3.73. The SMILES string of the molecule is Cc1ccc(-c2cc(C(=O)N3CCC(c4nc(C)c(C)s4)CC3)nn2C)cc1. The van der Waals surface area contributed by atoms with Crippen molar-refractivity contribution < 1.29 is 4.79 Å². The zero-order chi connectivity index (χ0) is 19.8. The van der Waals surface area contributed by atoms with Gasteiger partial charge in [0.1, 0.15) is 0 Å². The van der Waals surface area contributed by atoms with Crippen molar-refractivity contribution >= 4 is 17.2 Å². The van der Waals surface area contributed by atoms with Crippen LogP contribution in [0, 0.1) is 20.8 Å². The van der Waals surface area contributed by atoms with Gasteiger partial charge in [-0.05, 0) is 45.2 Å². The van der Waals surface area contributed by atoms with Gasteiger partial charge in [0.25, 0.3) is 5.91 Å². The summed E-state index contributed by atoms with van der Waals surface area (Å²) in [5, 5.41) is 5.72. The molecule has 1 aliphatic heterocycles. The minimum absolute atomic E-state index is 0.0268. The molecule has 1 saturated heterocycles. The van der Waals surface area contributed by atoms with Crippen molar-refractivity contribution in [2.24, 2.45) is 7.05 Å². The highest BCUT2D eigenvalue weighted by atomic mass is 32.1. The zero-order valence-electron chi connectivity index (χ0n) is 16.9. The van der Waals surface area contributed by atoms with Gasteiger partial charge >= 0.3 is 0 Å². The molecule has 0 saturated carbocycles. The van der Waals surface area contributed by atoms with Crippen LogP contribution in [0.25, 0.3) is 11.3 Å². The number of piperidine rings is 1. The summed E-state index contributed by atoms with van der Waals surface area (Å²) in [6, 6.07) is 10.2. The highest BCUT2D eigenvalue weighted by Gasteiger charge is 2.28. The van der Waals surface area contributed by atoms with Crippen LogP contribution >= 0.6 is 11.3 Å². The van der Waals surface area contributed by atoms with Crippen molar-refractivity contribution in [3.05, 3.63) is 57.2 Å². The normalized spacial score (nSPS) is 15.2. The quantitative estimate of drug-likeness (QED) is 0.658. The highest BCUT2D eigenvalue weighted by Crippen LogP contribution is 2.32. The Morgan fingerprint density at radius 3 is 2.39 bits per heavy atom. The first-order chi connectivity index (χ1) is 13.4. The van der Waals surface area contributed by atoms with Gasteiger partial charge in [-0.15, -0.1) is 11.3 Å². The lowest BCUT2D eigenvalue weighted by Crippen LogP contribution is -2.38. The van der Waals surface area contributed by atoms with E-state index in [1.165, 1.54) is 15.4 Å². The summed E-state index contributed by atoms with van der Waals surface area (Å²) >= 11 is 1.80. The lowest BCUT2D eigenvalue weighted by atomic mass is 9.97. The Kier molecular flexibility index (Phi) is 5.06. The van der Waals surface area contributed by atoms with E-state index in [0.29, 0.717) is 11.6 Å². The largest absolute Gasteiger partial charge is 0.337 e. The molecular weight excluding hydrogens is 368 g/mol. The molecule has 0 spiro atoms. The van der Waals surface area contributed by atoms with Gasteiger partial charge in [-0.1, -0.05) is 29.8 Å². The molecule has 28 heavy (non-hydrogen) atoms. The average Bonchev–Trinajstić information content (AvgIpc) is 3.24. The zero-order valence-corrected chi connectivity index (χ0v) is 17.7. The van der Waals surface area contributed by atoms with Crippen molar-refractivity contribution in [1.82, 2.24) is 19.7 Å². The van der Waals surface area contributed by atoms with Crippen LogP contribution in [0.5, 0.6) is 0 Å². The Bertz CT molecular complexity index is 975. The Labute approximate surface area is 170 Å². The number of hydrogen-bond donors (Lipinski definition) is 0. The van der Waals surface area contributed by atoms with E-state index >= 15 is 0 Å². The molecule has 0 N–H and O–H groups in total. The maximum atomic E-state index is 13.0. The molecule has 5 nitrogen and oxygen atoms in total. The number of aromatic nitrogens is 3. The van der Waals surface area contributed by atoms with Gasteiger partial charge in [0.2, 0.25) is 0 Å². The summed E-state index contributed by atoms with van der Waals surface area (Å²) in [4.78, 5) is 20.9. The van der Waals surface area contributed by atoms with Crippen LogP contribution in [-0.2, 0) is 7.05 Å². The second kappa shape index (κ2) is 7.51. The Hall–Kier alpha value is -2.47. The van der Waals surface area contributed by atoms with Gasteiger partial charge in [0.05, 0.1) is 16.4 Å². The second-order valence-corrected chi connectivity index (χ2v) is 8.90. The number of carbonyl (C=O) groups is 1. The molecule has 0 unspecified atom stereocenters. The lowest BCUT2D eigenvalue weighted by molar-refractivity contribution is 0.0706. The van der Waals surface area contributed by atoms with E-state index in [-0.39, 0.29) is 5.91 Å². The maximum absolute atomic E-state index is 13.0. The van der Waals surface area contributed by atoms with Crippen LogP contribution in [-0.4, -0.2) is 38.7 Å². The van der Waals surface area contributed by atoms with Crippen LogP contribution in [0.3, 0.4) is 0 Å². The molecule has 1 fully saturated rings. The van der Waals surface area contributed by atoms with E-state index in [1.807, 2.05) is 18.0 Å². The lowest BCUT2D eigenvalue weighted by Gasteiger charge is -2.30. The number of thiazole rings is 1. The Morgan fingerprint density at radius 1 is 1.11 bits per heavy atom. The third-order valence-corrected chi connectivity index (χ3v) is 6.86.